The molecule has 0 aromatic carbocycles. The minimum absolute atomic E-state index is 0.337. The van der Waals surface area contributed by atoms with Crippen molar-refractivity contribution in [2.75, 3.05) is 6.54 Å². The number of carbonyl (C=O) groups is 1. The second-order valence-electron chi connectivity index (χ2n) is 2.74. The smallest absolute Gasteiger partial charge is 0.325 e. The lowest BCUT2D eigenvalue weighted by Gasteiger charge is -2.29. The molecule has 9 heteroatoms. The van der Waals surface area contributed by atoms with Crippen LogP contribution < -0.4 is 21.5 Å². The summed E-state index contributed by atoms with van der Waals surface area (Å²) in [5.41, 5.74) is 10.0. The highest BCUT2D eigenvalue weighted by Gasteiger charge is 2.43. The van der Waals surface area contributed by atoms with Gasteiger partial charge < -0.3 is 16.8 Å². The molecule has 0 saturated carbocycles. The topological polar surface area (TPSA) is 140 Å². The summed E-state index contributed by atoms with van der Waals surface area (Å²) in [4.78, 5) is 12.4. The van der Waals surface area contributed by atoms with Crippen LogP contribution in [0.4, 0.5) is 4.79 Å². The van der Waals surface area contributed by atoms with E-state index >= 15 is 0 Å². The zero-order valence-electron chi connectivity index (χ0n) is 7.67. The maximum atomic E-state index is 11.6. The molecule has 84 valence electrons. The van der Waals surface area contributed by atoms with E-state index < -0.39 is 21.0 Å². The maximum absolute atomic E-state index is 11.6. The Bertz CT molecular complexity index is 414. The van der Waals surface area contributed by atoms with Gasteiger partial charge in [-0.2, -0.15) is 0 Å². The third-order valence-corrected chi connectivity index (χ3v) is 3.48. The van der Waals surface area contributed by atoms with Crippen LogP contribution in [-0.4, -0.2) is 32.2 Å². The summed E-state index contributed by atoms with van der Waals surface area (Å²) in [6, 6.07) is -1.19. The second-order valence-corrected chi connectivity index (χ2v) is 4.63. The summed E-state index contributed by atoms with van der Waals surface area (Å²) >= 11 is 0. The number of primary amides is 1. The molecule has 0 saturated heterocycles. The fourth-order valence-electron chi connectivity index (χ4n) is 1.01. The number of amides is 2. The van der Waals surface area contributed by atoms with E-state index in [0.717, 1.165) is 0 Å². The Morgan fingerprint density at radius 1 is 1.60 bits per heavy atom. The van der Waals surface area contributed by atoms with Crippen LogP contribution in [0.5, 0.6) is 0 Å². The first kappa shape index (κ1) is 11.5. The maximum Gasteiger partial charge on any atom is 0.325 e. The molecule has 1 heterocycles. The Morgan fingerprint density at radius 3 is 2.67 bits per heavy atom. The Balaban J connectivity index is 3.06. The predicted molar refractivity (Wildman–Crippen MR) is 54.2 cm³/mol. The minimum atomic E-state index is -4.10. The number of nitrogens with two attached hydrogens (primary N) is 2. The van der Waals surface area contributed by atoms with Gasteiger partial charge in [-0.25, -0.2) is 22.9 Å². The van der Waals surface area contributed by atoms with Crippen molar-refractivity contribution in [2.24, 2.45) is 16.5 Å². The first-order valence-corrected chi connectivity index (χ1v) is 5.42. The number of carbonyl (C=O) groups excluding carboxylic acids is 1. The molecule has 0 spiro atoms. The van der Waals surface area contributed by atoms with Gasteiger partial charge >= 0.3 is 6.03 Å². The average Bonchev–Trinajstić information content (AvgIpc) is 2.16. The van der Waals surface area contributed by atoms with Gasteiger partial charge in [0.05, 0.1) is 6.54 Å². The number of rotatable bonds is 3. The number of allylic oxidation sites excluding steroid dienone is 1. The highest BCUT2D eigenvalue weighted by molar-refractivity contribution is 7.91. The molecule has 0 radical (unpaired) electrons. The van der Waals surface area contributed by atoms with Gasteiger partial charge in [-0.3, -0.25) is 0 Å². The fourth-order valence-corrected chi connectivity index (χ4v) is 2.08. The molecule has 0 aromatic rings. The SMILES string of the molecule is NCC1(S(=O)(=O)NC(N)=O)N=CC=CN1. The standard InChI is InChI=1S/C6H11N5O3S/c7-4-6(9-2-1-3-10-6)15(13,14)11-5(8)12/h1-3,9H,4,7H2,(H3,8,11,12). The normalized spacial score (nSPS) is 24.6. The van der Waals surface area contributed by atoms with Gasteiger partial charge in [-0.05, 0) is 6.08 Å². The van der Waals surface area contributed by atoms with Crippen molar-refractivity contribution in [3.05, 3.63) is 12.3 Å². The Morgan fingerprint density at radius 2 is 2.27 bits per heavy atom. The number of hydrogen-bond acceptors (Lipinski definition) is 6. The summed E-state index contributed by atoms with van der Waals surface area (Å²) < 4.78 is 24.9. The van der Waals surface area contributed by atoms with Crippen LogP contribution in [0.2, 0.25) is 0 Å². The van der Waals surface area contributed by atoms with Crippen LogP contribution in [0.25, 0.3) is 0 Å². The van der Waals surface area contributed by atoms with Crippen molar-refractivity contribution in [3.8, 4) is 0 Å². The molecule has 0 aromatic heterocycles. The molecule has 0 aliphatic carbocycles. The monoisotopic (exact) mass is 233 g/mol. The number of sulfonamides is 1. The molecule has 1 aliphatic heterocycles. The van der Waals surface area contributed by atoms with Gasteiger partial charge in [0.1, 0.15) is 0 Å². The fraction of sp³-hybridized carbons (Fsp3) is 0.333. The van der Waals surface area contributed by atoms with Crippen molar-refractivity contribution >= 4 is 22.3 Å². The van der Waals surface area contributed by atoms with Crippen molar-refractivity contribution in [2.45, 2.75) is 4.99 Å². The first-order chi connectivity index (χ1) is 6.93. The van der Waals surface area contributed by atoms with Gasteiger partial charge in [0.25, 0.3) is 15.0 Å². The van der Waals surface area contributed by atoms with Crippen LogP contribution in [0.3, 0.4) is 0 Å². The van der Waals surface area contributed by atoms with Gasteiger partial charge in [0.2, 0.25) is 0 Å². The second kappa shape index (κ2) is 3.87. The Kier molecular flexibility index (Phi) is 2.95. The summed E-state index contributed by atoms with van der Waals surface area (Å²) in [5.74, 6) is 0. The molecular formula is C6H11N5O3S. The quantitative estimate of drug-likeness (QED) is 0.437. The lowest BCUT2D eigenvalue weighted by atomic mass is 10.4. The van der Waals surface area contributed by atoms with Crippen LogP contribution >= 0.6 is 0 Å². The highest BCUT2D eigenvalue weighted by atomic mass is 32.2. The number of urea groups is 1. The van der Waals surface area contributed by atoms with E-state index in [9.17, 15) is 13.2 Å². The number of nitrogens with one attached hydrogen (secondary N) is 2. The molecule has 0 fully saturated rings. The highest BCUT2D eigenvalue weighted by Crippen LogP contribution is 2.15. The van der Waals surface area contributed by atoms with E-state index in [2.05, 4.69) is 10.3 Å². The molecule has 6 N–H and O–H groups in total. The van der Waals surface area contributed by atoms with Crippen molar-refractivity contribution in [1.82, 2.24) is 10.0 Å². The van der Waals surface area contributed by atoms with Gasteiger partial charge in [0, 0.05) is 12.4 Å². The number of hydrogen-bond donors (Lipinski definition) is 4. The Labute approximate surface area is 86.5 Å². The summed E-state index contributed by atoms with van der Waals surface area (Å²) in [6.45, 7) is -0.337. The predicted octanol–water partition coefficient (Wildman–Crippen LogP) is -2.22. The average molecular weight is 233 g/mol. The van der Waals surface area contributed by atoms with Gasteiger partial charge in [-0.1, -0.05) is 0 Å². The van der Waals surface area contributed by atoms with E-state index in [1.807, 2.05) is 0 Å². The molecule has 1 rings (SSSR count). The minimum Gasteiger partial charge on any atom is -0.352 e. The van der Waals surface area contributed by atoms with Crippen molar-refractivity contribution in [3.63, 3.8) is 0 Å². The molecule has 0 bridgehead atoms. The molecule has 1 atom stereocenters. The van der Waals surface area contributed by atoms with E-state index in [4.69, 9.17) is 11.5 Å². The van der Waals surface area contributed by atoms with Crippen LogP contribution in [0.1, 0.15) is 0 Å². The molecule has 8 nitrogen and oxygen atoms in total. The van der Waals surface area contributed by atoms with E-state index in [-0.39, 0.29) is 6.54 Å². The zero-order valence-corrected chi connectivity index (χ0v) is 8.49. The third kappa shape index (κ3) is 2.07. The third-order valence-electron chi connectivity index (χ3n) is 1.73. The zero-order chi connectivity index (χ0) is 11.5. The summed E-state index contributed by atoms with van der Waals surface area (Å²) in [7, 11) is -4.10. The van der Waals surface area contributed by atoms with Gasteiger partial charge in [-0.15, -0.1) is 0 Å². The largest absolute Gasteiger partial charge is 0.352 e. The lowest BCUT2D eigenvalue weighted by Crippen LogP contribution is -2.60. The van der Waals surface area contributed by atoms with Crippen molar-refractivity contribution < 1.29 is 13.2 Å². The van der Waals surface area contributed by atoms with E-state index in [1.165, 1.54) is 18.5 Å². The van der Waals surface area contributed by atoms with Gasteiger partial charge in [0.15, 0.2) is 0 Å². The molecular weight excluding hydrogens is 222 g/mol. The number of aliphatic imine (C=N–C) groups is 1. The first-order valence-electron chi connectivity index (χ1n) is 3.93. The van der Waals surface area contributed by atoms with Crippen LogP contribution in [0, 0.1) is 0 Å². The van der Waals surface area contributed by atoms with E-state index in [1.54, 1.807) is 4.72 Å². The summed E-state index contributed by atoms with van der Waals surface area (Å²) in [6.07, 6.45) is 4.12. The van der Waals surface area contributed by atoms with E-state index in [0.29, 0.717) is 0 Å². The summed E-state index contributed by atoms with van der Waals surface area (Å²) in [5, 5.41) is 2.47. The number of nitrogens with zero attached hydrogens (tertiary/aromatic N) is 1. The molecule has 1 aliphatic rings. The molecule has 2 amide bonds. The molecule has 1 unspecified atom stereocenters. The van der Waals surface area contributed by atoms with Crippen molar-refractivity contribution in [1.29, 1.82) is 0 Å². The van der Waals surface area contributed by atoms with Crippen LogP contribution in [0.15, 0.2) is 17.3 Å². The Hall–Kier alpha value is -1.61. The molecule has 15 heavy (non-hydrogen) atoms. The van der Waals surface area contributed by atoms with Crippen LogP contribution in [-0.2, 0) is 10.0 Å². The lowest BCUT2D eigenvalue weighted by molar-refractivity contribution is 0.253.